The summed E-state index contributed by atoms with van der Waals surface area (Å²) in [6.07, 6.45) is 3.42. The van der Waals surface area contributed by atoms with Gasteiger partial charge in [0.1, 0.15) is 0 Å². The average Bonchev–Trinajstić information content (AvgIpc) is 2.46. The smallest absolute Gasteiger partial charge is 0.195 e. The lowest BCUT2D eigenvalue weighted by Gasteiger charge is -2.05. The summed E-state index contributed by atoms with van der Waals surface area (Å²) >= 11 is 2.21. The van der Waals surface area contributed by atoms with E-state index < -0.39 is 0 Å². The first-order valence-electron chi connectivity index (χ1n) is 5.89. The molecule has 0 aliphatic rings. The van der Waals surface area contributed by atoms with Crippen LogP contribution in [0.5, 0.6) is 0 Å². The van der Waals surface area contributed by atoms with Gasteiger partial charge in [-0.1, -0.05) is 36.4 Å². The lowest BCUT2D eigenvalue weighted by molar-refractivity contribution is 0.104. The zero-order chi connectivity index (χ0) is 13.2. The number of benzene rings is 2. The highest BCUT2D eigenvalue weighted by atomic mass is 127. The highest BCUT2D eigenvalue weighted by Gasteiger charge is 2.12. The van der Waals surface area contributed by atoms with E-state index in [1.807, 2.05) is 48.5 Å². The van der Waals surface area contributed by atoms with Crippen LogP contribution in [0.15, 0.2) is 60.9 Å². The summed E-state index contributed by atoms with van der Waals surface area (Å²) in [5, 5.41) is 1.93. The molecule has 92 valence electrons. The van der Waals surface area contributed by atoms with Crippen molar-refractivity contribution in [1.29, 1.82) is 0 Å². The molecule has 1 aromatic heterocycles. The Kier molecular flexibility index (Phi) is 3.29. The van der Waals surface area contributed by atoms with Crippen molar-refractivity contribution < 1.29 is 4.79 Å². The predicted octanol–water partition coefficient (Wildman–Crippen LogP) is 4.07. The second kappa shape index (κ2) is 5.09. The number of nitrogens with zero attached hydrogens (tertiary/aromatic N) is 1. The van der Waals surface area contributed by atoms with Crippen molar-refractivity contribution in [1.82, 2.24) is 4.98 Å². The molecule has 0 fully saturated rings. The monoisotopic (exact) mass is 359 g/mol. The molecule has 0 unspecified atom stereocenters. The summed E-state index contributed by atoms with van der Waals surface area (Å²) in [4.78, 5) is 16.7. The van der Waals surface area contributed by atoms with Crippen LogP contribution in [0.2, 0.25) is 0 Å². The van der Waals surface area contributed by atoms with Gasteiger partial charge in [0.25, 0.3) is 0 Å². The second-order valence-electron chi connectivity index (χ2n) is 4.25. The molecule has 2 aromatic carbocycles. The van der Waals surface area contributed by atoms with E-state index in [9.17, 15) is 4.79 Å². The van der Waals surface area contributed by atoms with Gasteiger partial charge in [0.05, 0.1) is 0 Å². The Hall–Kier alpha value is -1.75. The molecule has 0 aliphatic heterocycles. The molecular weight excluding hydrogens is 349 g/mol. The summed E-state index contributed by atoms with van der Waals surface area (Å²) in [5.41, 5.74) is 1.35. The van der Waals surface area contributed by atoms with Crippen molar-refractivity contribution in [3.63, 3.8) is 0 Å². The van der Waals surface area contributed by atoms with Gasteiger partial charge in [-0.2, -0.15) is 0 Å². The van der Waals surface area contributed by atoms with Crippen molar-refractivity contribution in [3.05, 3.63) is 75.6 Å². The lowest BCUT2D eigenvalue weighted by atomic mass is 10.00. The number of pyridine rings is 1. The Labute approximate surface area is 124 Å². The van der Waals surface area contributed by atoms with Crippen molar-refractivity contribution in [3.8, 4) is 0 Å². The van der Waals surface area contributed by atoms with E-state index in [2.05, 4.69) is 27.6 Å². The number of halogens is 1. The molecule has 3 heteroatoms. The molecule has 0 amide bonds. The Balaban J connectivity index is 2.17. The summed E-state index contributed by atoms with van der Waals surface area (Å²) in [6.45, 7) is 0. The molecule has 19 heavy (non-hydrogen) atoms. The van der Waals surface area contributed by atoms with E-state index in [1.165, 1.54) is 0 Å². The summed E-state index contributed by atoms with van der Waals surface area (Å²) in [6, 6.07) is 15.4. The maximum absolute atomic E-state index is 12.6. The summed E-state index contributed by atoms with van der Waals surface area (Å²) < 4.78 is 1.05. The van der Waals surface area contributed by atoms with Gasteiger partial charge < -0.3 is 0 Å². The van der Waals surface area contributed by atoms with Crippen LogP contribution < -0.4 is 0 Å². The van der Waals surface area contributed by atoms with Crippen molar-refractivity contribution in [2.24, 2.45) is 0 Å². The summed E-state index contributed by atoms with van der Waals surface area (Å²) in [7, 11) is 0. The van der Waals surface area contributed by atoms with Crippen molar-refractivity contribution in [2.75, 3.05) is 0 Å². The van der Waals surface area contributed by atoms with E-state index in [-0.39, 0.29) is 5.78 Å². The molecule has 0 atom stereocenters. The highest BCUT2D eigenvalue weighted by Crippen LogP contribution is 2.20. The first-order valence-corrected chi connectivity index (χ1v) is 6.96. The van der Waals surface area contributed by atoms with E-state index in [1.54, 1.807) is 12.4 Å². The van der Waals surface area contributed by atoms with Gasteiger partial charge in [-0.25, -0.2) is 0 Å². The highest BCUT2D eigenvalue weighted by molar-refractivity contribution is 14.1. The third-order valence-corrected chi connectivity index (χ3v) is 3.67. The number of carbonyl (C=O) groups excluding carboxylic acids is 1. The Morgan fingerprint density at radius 3 is 2.68 bits per heavy atom. The van der Waals surface area contributed by atoms with Gasteiger partial charge in [0.15, 0.2) is 5.78 Å². The van der Waals surface area contributed by atoms with Gasteiger partial charge in [-0.15, -0.1) is 0 Å². The molecule has 0 bridgehead atoms. The van der Waals surface area contributed by atoms with Gasteiger partial charge in [-0.05, 0) is 40.1 Å². The van der Waals surface area contributed by atoms with Crippen LogP contribution in [-0.2, 0) is 0 Å². The normalized spacial score (nSPS) is 10.6. The molecule has 0 aliphatic carbocycles. The SMILES string of the molecule is O=C(c1cccc(I)c1)c1cncc2ccccc12. The Morgan fingerprint density at radius 2 is 1.84 bits per heavy atom. The van der Waals surface area contributed by atoms with Crippen LogP contribution in [0.4, 0.5) is 0 Å². The van der Waals surface area contributed by atoms with E-state index in [0.29, 0.717) is 11.1 Å². The second-order valence-corrected chi connectivity index (χ2v) is 5.49. The van der Waals surface area contributed by atoms with Gasteiger partial charge in [0.2, 0.25) is 0 Å². The van der Waals surface area contributed by atoms with Crippen LogP contribution in [-0.4, -0.2) is 10.8 Å². The first-order chi connectivity index (χ1) is 9.25. The number of carbonyl (C=O) groups is 1. The van der Waals surface area contributed by atoms with Crippen LogP contribution in [0.25, 0.3) is 10.8 Å². The van der Waals surface area contributed by atoms with Gasteiger partial charge in [-0.3, -0.25) is 9.78 Å². The number of hydrogen-bond donors (Lipinski definition) is 0. The van der Waals surface area contributed by atoms with Gasteiger partial charge in [0, 0.05) is 32.5 Å². The van der Waals surface area contributed by atoms with Crippen LogP contribution in [0, 0.1) is 3.57 Å². The number of hydrogen-bond acceptors (Lipinski definition) is 2. The van der Waals surface area contributed by atoms with E-state index in [0.717, 1.165) is 14.3 Å². The Morgan fingerprint density at radius 1 is 1.00 bits per heavy atom. The number of fused-ring (bicyclic) bond motifs is 1. The minimum absolute atomic E-state index is 0.0165. The van der Waals surface area contributed by atoms with Crippen LogP contribution in [0.1, 0.15) is 15.9 Å². The minimum atomic E-state index is 0.0165. The van der Waals surface area contributed by atoms with Gasteiger partial charge >= 0.3 is 0 Å². The molecule has 3 aromatic rings. The topological polar surface area (TPSA) is 30.0 Å². The standard InChI is InChI=1S/C16H10INO/c17-13-6-3-5-11(8-13)16(19)15-10-18-9-12-4-1-2-7-14(12)15/h1-10H. The lowest BCUT2D eigenvalue weighted by Crippen LogP contribution is -2.03. The molecule has 2 nitrogen and oxygen atoms in total. The van der Waals surface area contributed by atoms with Crippen LogP contribution in [0.3, 0.4) is 0 Å². The van der Waals surface area contributed by atoms with Crippen LogP contribution >= 0.6 is 22.6 Å². The number of rotatable bonds is 2. The maximum atomic E-state index is 12.6. The zero-order valence-electron chi connectivity index (χ0n) is 10.0. The molecule has 0 saturated heterocycles. The fraction of sp³-hybridized carbons (Fsp3) is 0. The molecule has 0 N–H and O–H groups in total. The third-order valence-electron chi connectivity index (χ3n) is 3.00. The van der Waals surface area contributed by atoms with E-state index in [4.69, 9.17) is 0 Å². The first kappa shape index (κ1) is 12.3. The maximum Gasteiger partial charge on any atom is 0.195 e. The van der Waals surface area contributed by atoms with Crippen molar-refractivity contribution in [2.45, 2.75) is 0 Å². The van der Waals surface area contributed by atoms with E-state index >= 15 is 0 Å². The summed E-state index contributed by atoms with van der Waals surface area (Å²) in [5.74, 6) is 0.0165. The zero-order valence-corrected chi connectivity index (χ0v) is 12.2. The molecule has 0 spiro atoms. The average molecular weight is 359 g/mol. The Bertz CT molecular complexity index is 762. The molecule has 0 saturated carbocycles. The number of ketones is 1. The fourth-order valence-corrected chi connectivity index (χ4v) is 2.63. The fourth-order valence-electron chi connectivity index (χ4n) is 2.08. The largest absolute Gasteiger partial charge is 0.289 e. The third kappa shape index (κ3) is 2.38. The number of aromatic nitrogens is 1. The predicted molar refractivity (Wildman–Crippen MR) is 84.3 cm³/mol. The molecular formula is C16H10INO. The molecule has 1 heterocycles. The molecule has 0 radical (unpaired) electrons. The molecule has 3 rings (SSSR count). The quantitative estimate of drug-likeness (QED) is 0.510. The van der Waals surface area contributed by atoms with Crippen molar-refractivity contribution >= 4 is 39.1 Å². The minimum Gasteiger partial charge on any atom is -0.289 e.